The minimum absolute atomic E-state index is 0.0107. The molecular weight excluding hydrogens is 451 g/mol. The summed E-state index contributed by atoms with van der Waals surface area (Å²) >= 11 is 0. The molecule has 4 aromatic rings. The lowest BCUT2D eigenvalue weighted by Crippen LogP contribution is -2.24. The number of nitrogens with one attached hydrogen (secondary N) is 3. The van der Waals surface area contributed by atoms with Gasteiger partial charge in [-0.05, 0) is 60.7 Å². The van der Waals surface area contributed by atoms with Crippen LogP contribution in [0.15, 0.2) is 66.7 Å². The highest BCUT2D eigenvalue weighted by molar-refractivity contribution is 5.86. The van der Waals surface area contributed by atoms with Gasteiger partial charge in [-0.15, -0.1) is 0 Å². The first kappa shape index (κ1) is 24.0. The SMILES string of the molecule is C[C@H](Nc1nc(NC2CCCCC2)nc(N[C@@H](C)c2cccc3ccccc23)n1)c1ccc(F)cc1. The van der Waals surface area contributed by atoms with Crippen LogP contribution in [0.1, 0.15) is 69.2 Å². The maximum absolute atomic E-state index is 13.4. The minimum Gasteiger partial charge on any atom is -0.351 e. The first-order valence-corrected chi connectivity index (χ1v) is 12.8. The predicted molar refractivity (Wildman–Crippen MR) is 145 cm³/mol. The van der Waals surface area contributed by atoms with Crippen LogP contribution in [0.4, 0.5) is 22.2 Å². The number of hydrogen-bond donors (Lipinski definition) is 3. The summed E-state index contributed by atoms with van der Waals surface area (Å²) in [5, 5.41) is 12.8. The molecule has 0 saturated heterocycles. The van der Waals surface area contributed by atoms with E-state index in [1.165, 1.54) is 47.7 Å². The van der Waals surface area contributed by atoms with E-state index in [0.29, 0.717) is 23.9 Å². The third-order valence-electron chi connectivity index (χ3n) is 6.92. The quantitative estimate of drug-likeness (QED) is 0.244. The number of anilines is 3. The number of benzene rings is 3. The molecule has 1 aromatic heterocycles. The molecule has 186 valence electrons. The van der Waals surface area contributed by atoms with E-state index >= 15 is 0 Å². The van der Waals surface area contributed by atoms with Crippen molar-refractivity contribution in [1.29, 1.82) is 0 Å². The van der Waals surface area contributed by atoms with E-state index in [1.807, 2.05) is 6.92 Å². The first-order valence-electron chi connectivity index (χ1n) is 12.8. The average molecular weight is 485 g/mol. The Labute approximate surface area is 211 Å². The molecule has 0 unspecified atom stereocenters. The van der Waals surface area contributed by atoms with E-state index in [-0.39, 0.29) is 17.9 Å². The summed E-state index contributed by atoms with van der Waals surface area (Å²) in [5.74, 6) is 1.31. The fourth-order valence-corrected chi connectivity index (χ4v) is 4.93. The zero-order valence-corrected chi connectivity index (χ0v) is 20.8. The van der Waals surface area contributed by atoms with Crippen molar-refractivity contribution in [2.24, 2.45) is 0 Å². The van der Waals surface area contributed by atoms with E-state index < -0.39 is 0 Å². The number of rotatable bonds is 8. The Morgan fingerprint density at radius 2 is 1.36 bits per heavy atom. The van der Waals surface area contributed by atoms with Crippen LogP contribution in [0.3, 0.4) is 0 Å². The molecule has 0 aliphatic heterocycles. The molecule has 5 rings (SSSR count). The third-order valence-corrected chi connectivity index (χ3v) is 6.92. The molecule has 1 aliphatic carbocycles. The van der Waals surface area contributed by atoms with Gasteiger partial charge in [-0.1, -0.05) is 73.9 Å². The van der Waals surface area contributed by atoms with Crippen LogP contribution < -0.4 is 16.0 Å². The number of halogens is 1. The van der Waals surface area contributed by atoms with Crippen LogP contribution in [0, 0.1) is 5.82 Å². The predicted octanol–water partition coefficient (Wildman–Crippen LogP) is 7.25. The lowest BCUT2D eigenvalue weighted by molar-refractivity contribution is 0.461. The van der Waals surface area contributed by atoms with E-state index in [0.717, 1.165) is 18.4 Å². The van der Waals surface area contributed by atoms with Crippen LogP contribution in [-0.2, 0) is 0 Å². The zero-order chi connectivity index (χ0) is 24.9. The number of hydrogen-bond acceptors (Lipinski definition) is 6. The van der Waals surface area contributed by atoms with Crippen molar-refractivity contribution in [1.82, 2.24) is 15.0 Å². The van der Waals surface area contributed by atoms with Crippen molar-refractivity contribution in [3.05, 3.63) is 83.7 Å². The molecule has 0 radical (unpaired) electrons. The van der Waals surface area contributed by atoms with Gasteiger partial charge in [0, 0.05) is 6.04 Å². The third kappa shape index (κ3) is 5.73. The maximum Gasteiger partial charge on any atom is 0.229 e. The Kier molecular flexibility index (Phi) is 7.26. The first-order chi connectivity index (χ1) is 17.5. The summed E-state index contributed by atoms with van der Waals surface area (Å²) in [4.78, 5) is 14.1. The van der Waals surface area contributed by atoms with Crippen LogP contribution in [-0.4, -0.2) is 21.0 Å². The fraction of sp³-hybridized carbons (Fsp3) is 0.345. The molecule has 6 nitrogen and oxygen atoms in total. The highest BCUT2D eigenvalue weighted by atomic mass is 19.1. The summed E-state index contributed by atoms with van der Waals surface area (Å²) in [6.07, 6.45) is 5.97. The van der Waals surface area contributed by atoms with Gasteiger partial charge < -0.3 is 16.0 Å². The van der Waals surface area contributed by atoms with Crippen molar-refractivity contribution in [2.75, 3.05) is 16.0 Å². The Balaban J connectivity index is 1.41. The average Bonchev–Trinajstić information content (AvgIpc) is 2.89. The van der Waals surface area contributed by atoms with Gasteiger partial charge in [-0.2, -0.15) is 15.0 Å². The molecule has 1 fully saturated rings. The second-order valence-corrected chi connectivity index (χ2v) is 9.64. The lowest BCUT2D eigenvalue weighted by Gasteiger charge is -2.24. The highest BCUT2D eigenvalue weighted by Crippen LogP contribution is 2.28. The zero-order valence-electron chi connectivity index (χ0n) is 20.8. The van der Waals surface area contributed by atoms with Crippen LogP contribution >= 0.6 is 0 Å². The molecular formula is C29H33FN6. The van der Waals surface area contributed by atoms with Gasteiger partial charge in [-0.25, -0.2) is 4.39 Å². The summed E-state index contributed by atoms with van der Waals surface area (Å²) in [6, 6.07) is 21.5. The summed E-state index contributed by atoms with van der Waals surface area (Å²) in [7, 11) is 0. The smallest absolute Gasteiger partial charge is 0.229 e. The largest absolute Gasteiger partial charge is 0.351 e. The molecule has 36 heavy (non-hydrogen) atoms. The number of fused-ring (bicyclic) bond motifs is 1. The second-order valence-electron chi connectivity index (χ2n) is 9.64. The highest BCUT2D eigenvalue weighted by Gasteiger charge is 2.18. The van der Waals surface area contributed by atoms with Gasteiger partial charge in [0.25, 0.3) is 0 Å². The van der Waals surface area contributed by atoms with Gasteiger partial charge in [0.15, 0.2) is 0 Å². The van der Waals surface area contributed by atoms with Gasteiger partial charge in [0.05, 0.1) is 12.1 Å². The standard InChI is InChI=1S/C29H33FN6/c1-19(21-15-17-23(30)18-16-21)31-27-34-28(36-29(35-27)33-24-11-4-3-5-12-24)32-20(2)25-14-8-10-22-9-6-7-13-26(22)25/h6-10,13-20,24H,3-5,11-12H2,1-2H3,(H3,31,32,33,34,35,36)/t19-,20-/m0/s1. The molecule has 1 heterocycles. The Hall–Kier alpha value is -3.74. The molecule has 3 N–H and O–H groups in total. The van der Waals surface area contributed by atoms with Gasteiger partial charge in [-0.3, -0.25) is 0 Å². The number of nitrogens with zero attached hydrogens (tertiary/aromatic N) is 3. The van der Waals surface area contributed by atoms with Crippen molar-refractivity contribution in [3.63, 3.8) is 0 Å². The van der Waals surface area contributed by atoms with Crippen LogP contribution in [0.5, 0.6) is 0 Å². The molecule has 3 aromatic carbocycles. The molecule has 2 atom stereocenters. The Morgan fingerprint density at radius 1 is 0.722 bits per heavy atom. The van der Waals surface area contributed by atoms with Crippen LogP contribution in [0.2, 0.25) is 0 Å². The second kappa shape index (κ2) is 10.9. The fourth-order valence-electron chi connectivity index (χ4n) is 4.93. The minimum atomic E-state index is -0.251. The van der Waals surface area contributed by atoms with Crippen molar-refractivity contribution >= 4 is 28.6 Å². The van der Waals surface area contributed by atoms with Crippen LogP contribution in [0.25, 0.3) is 10.8 Å². The maximum atomic E-state index is 13.4. The van der Waals surface area contributed by atoms with E-state index in [2.05, 4.69) is 70.3 Å². The number of aromatic nitrogens is 3. The van der Waals surface area contributed by atoms with Gasteiger partial charge >= 0.3 is 0 Å². The monoisotopic (exact) mass is 484 g/mol. The Morgan fingerprint density at radius 3 is 2.11 bits per heavy atom. The van der Waals surface area contributed by atoms with E-state index in [4.69, 9.17) is 9.97 Å². The summed E-state index contributed by atoms with van der Waals surface area (Å²) in [5.41, 5.74) is 2.14. The summed E-state index contributed by atoms with van der Waals surface area (Å²) in [6.45, 7) is 4.13. The lowest BCUT2D eigenvalue weighted by atomic mass is 9.96. The molecule has 0 bridgehead atoms. The molecule has 0 spiro atoms. The van der Waals surface area contributed by atoms with E-state index in [9.17, 15) is 4.39 Å². The van der Waals surface area contributed by atoms with Gasteiger partial charge in [0.2, 0.25) is 17.8 Å². The topological polar surface area (TPSA) is 74.8 Å². The molecule has 1 saturated carbocycles. The van der Waals surface area contributed by atoms with Gasteiger partial charge in [0.1, 0.15) is 5.82 Å². The molecule has 1 aliphatic rings. The molecule has 0 amide bonds. The molecule has 7 heteroatoms. The Bertz CT molecular complexity index is 1300. The van der Waals surface area contributed by atoms with E-state index in [1.54, 1.807) is 12.1 Å². The van der Waals surface area contributed by atoms with Crippen molar-refractivity contribution < 1.29 is 4.39 Å². The summed E-state index contributed by atoms with van der Waals surface area (Å²) < 4.78 is 13.4. The van der Waals surface area contributed by atoms with Crippen molar-refractivity contribution in [2.45, 2.75) is 64.1 Å². The van der Waals surface area contributed by atoms with Crippen molar-refractivity contribution in [3.8, 4) is 0 Å². The normalized spacial score (nSPS) is 15.9.